The topological polar surface area (TPSA) is 101 Å². The fourth-order valence-electron chi connectivity index (χ4n) is 3.22. The summed E-state index contributed by atoms with van der Waals surface area (Å²) in [6.07, 6.45) is -0.560. The molecule has 2 unspecified atom stereocenters. The average molecular weight is 478 g/mol. The molecule has 0 saturated carbocycles. The zero-order valence-corrected chi connectivity index (χ0v) is 20.4. The Bertz CT molecular complexity index is 1020. The van der Waals surface area contributed by atoms with Crippen molar-refractivity contribution in [1.82, 2.24) is 15.6 Å². The van der Waals surface area contributed by atoms with Gasteiger partial charge in [0.05, 0.1) is 23.4 Å². The average Bonchev–Trinajstić information content (AvgIpc) is 2.68. The third-order valence-electron chi connectivity index (χ3n) is 4.63. The van der Waals surface area contributed by atoms with Gasteiger partial charge in [0.15, 0.2) is 11.6 Å². The number of carbonyl (C=O) groups is 2. The third kappa shape index (κ3) is 8.70. The Hall–Kier alpha value is -3.07. The van der Waals surface area contributed by atoms with Crippen LogP contribution in [0.3, 0.4) is 0 Å². The molecule has 0 saturated heterocycles. The van der Waals surface area contributed by atoms with E-state index in [0.29, 0.717) is 16.8 Å². The number of aliphatic hydroxyl groups is 1. The molecule has 0 aliphatic carbocycles. The number of nitrogens with zero attached hydrogens (tertiary/aromatic N) is 1. The summed E-state index contributed by atoms with van der Waals surface area (Å²) in [5.74, 6) is -2.38. The minimum absolute atomic E-state index is 0.00599. The van der Waals surface area contributed by atoms with Crippen LogP contribution in [0.25, 0.3) is 0 Å². The van der Waals surface area contributed by atoms with Crippen molar-refractivity contribution in [3.63, 3.8) is 0 Å². The monoisotopic (exact) mass is 477 g/mol. The number of halogens is 2. The largest absolute Gasteiger partial charge is 0.444 e. The molecule has 0 radical (unpaired) electrons. The maximum atomic E-state index is 13.7. The molecule has 0 fully saturated rings. The predicted octanol–water partition coefficient (Wildman–Crippen LogP) is 3.93. The number of amides is 2. The SMILES string of the molecule is CC(C)(C)NC(=O)c1cccnc1CC(O)C(Cc1ccc(F)c(F)c1)NC(=O)OC(C)(C)C. The molecule has 2 amide bonds. The number of aromatic nitrogens is 1. The Morgan fingerprint density at radius 3 is 2.32 bits per heavy atom. The zero-order valence-electron chi connectivity index (χ0n) is 20.4. The molecule has 1 heterocycles. The van der Waals surface area contributed by atoms with Gasteiger partial charge < -0.3 is 20.5 Å². The minimum atomic E-state index is -1.21. The molecule has 0 spiro atoms. The first-order chi connectivity index (χ1) is 15.6. The van der Waals surface area contributed by atoms with E-state index in [1.54, 1.807) is 32.9 Å². The lowest BCUT2D eigenvalue weighted by atomic mass is 9.96. The zero-order chi connectivity index (χ0) is 25.7. The molecular weight excluding hydrogens is 444 g/mol. The number of carbonyl (C=O) groups excluding carboxylic acids is 2. The maximum absolute atomic E-state index is 13.7. The number of benzene rings is 1. The van der Waals surface area contributed by atoms with Gasteiger partial charge in [-0.05, 0) is 77.8 Å². The lowest BCUT2D eigenvalue weighted by Gasteiger charge is -2.27. The first-order valence-corrected chi connectivity index (χ1v) is 11.0. The Balaban J connectivity index is 2.29. The van der Waals surface area contributed by atoms with Gasteiger partial charge >= 0.3 is 6.09 Å². The number of hydrogen-bond acceptors (Lipinski definition) is 5. The number of aliphatic hydroxyl groups excluding tert-OH is 1. The molecule has 34 heavy (non-hydrogen) atoms. The summed E-state index contributed by atoms with van der Waals surface area (Å²) in [6, 6.07) is 5.65. The highest BCUT2D eigenvalue weighted by molar-refractivity contribution is 5.95. The van der Waals surface area contributed by atoms with Gasteiger partial charge in [0.1, 0.15) is 5.60 Å². The first-order valence-electron chi connectivity index (χ1n) is 11.0. The second kappa shape index (κ2) is 10.9. The van der Waals surface area contributed by atoms with Gasteiger partial charge in [-0.25, -0.2) is 13.6 Å². The molecule has 1 aromatic heterocycles. The number of rotatable bonds is 7. The third-order valence-corrected chi connectivity index (χ3v) is 4.63. The van der Waals surface area contributed by atoms with Crippen LogP contribution in [0.15, 0.2) is 36.5 Å². The summed E-state index contributed by atoms with van der Waals surface area (Å²) in [6.45, 7) is 10.6. The van der Waals surface area contributed by atoms with Crippen LogP contribution in [0.5, 0.6) is 0 Å². The lowest BCUT2D eigenvalue weighted by molar-refractivity contribution is 0.0420. The Labute approximate surface area is 198 Å². The fraction of sp³-hybridized carbons (Fsp3) is 0.480. The maximum Gasteiger partial charge on any atom is 0.407 e. The molecule has 0 bridgehead atoms. The molecular formula is C25H33F2N3O4. The highest BCUT2D eigenvalue weighted by Crippen LogP contribution is 2.17. The van der Waals surface area contributed by atoms with Crippen LogP contribution in [0.4, 0.5) is 13.6 Å². The summed E-state index contributed by atoms with van der Waals surface area (Å²) >= 11 is 0. The quantitative estimate of drug-likeness (QED) is 0.561. The van der Waals surface area contributed by atoms with Crippen molar-refractivity contribution in [3.8, 4) is 0 Å². The molecule has 2 atom stereocenters. The molecule has 7 nitrogen and oxygen atoms in total. The number of hydrogen-bond donors (Lipinski definition) is 3. The van der Waals surface area contributed by atoms with E-state index in [2.05, 4.69) is 15.6 Å². The molecule has 9 heteroatoms. The van der Waals surface area contributed by atoms with Crippen molar-refractivity contribution in [1.29, 1.82) is 0 Å². The molecule has 186 valence electrons. The van der Waals surface area contributed by atoms with Crippen molar-refractivity contribution in [3.05, 3.63) is 65.0 Å². The van der Waals surface area contributed by atoms with Gasteiger partial charge in [-0.2, -0.15) is 0 Å². The summed E-state index contributed by atoms with van der Waals surface area (Å²) in [5, 5.41) is 16.5. The van der Waals surface area contributed by atoms with E-state index in [0.717, 1.165) is 12.1 Å². The molecule has 2 rings (SSSR count). The van der Waals surface area contributed by atoms with Gasteiger partial charge in [-0.15, -0.1) is 0 Å². The predicted molar refractivity (Wildman–Crippen MR) is 124 cm³/mol. The fourth-order valence-corrected chi connectivity index (χ4v) is 3.22. The number of nitrogens with one attached hydrogen (secondary N) is 2. The number of alkyl carbamates (subject to hydrolysis) is 1. The second-order valence-electron chi connectivity index (χ2n) is 10.2. The smallest absolute Gasteiger partial charge is 0.407 e. The molecule has 3 N–H and O–H groups in total. The van der Waals surface area contributed by atoms with Crippen molar-refractivity contribution >= 4 is 12.0 Å². The summed E-state index contributed by atoms with van der Waals surface area (Å²) in [7, 11) is 0. The Kier molecular flexibility index (Phi) is 8.72. The van der Waals surface area contributed by atoms with E-state index in [4.69, 9.17) is 4.74 Å². The van der Waals surface area contributed by atoms with Gasteiger partial charge in [-0.3, -0.25) is 9.78 Å². The van der Waals surface area contributed by atoms with Crippen LogP contribution < -0.4 is 10.6 Å². The van der Waals surface area contributed by atoms with Crippen LogP contribution in [-0.4, -0.2) is 45.4 Å². The van der Waals surface area contributed by atoms with Gasteiger partial charge in [0, 0.05) is 18.2 Å². The summed E-state index contributed by atoms with van der Waals surface area (Å²) in [5.41, 5.74) is -0.263. The Morgan fingerprint density at radius 1 is 1.06 bits per heavy atom. The van der Waals surface area contributed by atoms with Gasteiger partial charge in [0.25, 0.3) is 5.91 Å². The van der Waals surface area contributed by atoms with Crippen molar-refractivity contribution in [2.75, 3.05) is 0 Å². The molecule has 2 aromatic rings. The number of ether oxygens (including phenoxy) is 1. The second-order valence-corrected chi connectivity index (χ2v) is 10.2. The molecule has 0 aliphatic heterocycles. The van der Waals surface area contributed by atoms with E-state index in [-0.39, 0.29) is 18.7 Å². The van der Waals surface area contributed by atoms with Crippen LogP contribution in [0.2, 0.25) is 0 Å². The van der Waals surface area contributed by atoms with Gasteiger partial charge in [0.2, 0.25) is 0 Å². The van der Waals surface area contributed by atoms with Crippen LogP contribution in [-0.2, 0) is 17.6 Å². The van der Waals surface area contributed by atoms with Gasteiger partial charge in [-0.1, -0.05) is 6.07 Å². The van der Waals surface area contributed by atoms with E-state index >= 15 is 0 Å². The highest BCUT2D eigenvalue weighted by atomic mass is 19.2. The van der Waals surface area contributed by atoms with Crippen LogP contribution in [0, 0.1) is 11.6 Å². The van der Waals surface area contributed by atoms with E-state index < -0.39 is 41.0 Å². The van der Waals surface area contributed by atoms with Crippen LogP contribution in [0.1, 0.15) is 63.2 Å². The van der Waals surface area contributed by atoms with Crippen LogP contribution >= 0.6 is 0 Å². The number of pyridine rings is 1. The van der Waals surface area contributed by atoms with E-state index in [9.17, 15) is 23.5 Å². The summed E-state index contributed by atoms with van der Waals surface area (Å²) < 4.78 is 32.4. The lowest BCUT2D eigenvalue weighted by Crippen LogP contribution is -2.48. The molecule has 1 aromatic carbocycles. The van der Waals surface area contributed by atoms with Crippen molar-refractivity contribution in [2.45, 2.75) is 77.7 Å². The standard InChI is InChI=1S/C25H33F2N3O4/c1-24(2,3)30-22(32)16-8-7-11-28-19(16)14-21(31)20(29-23(33)34-25(4,5)6)13-15-9-10-17(26)18(27)12-15/h7-12,20-21,31H,13-14H2,1-6H3,(H,29,33)(H,30,32). The Morgan fingerprint density at radius 2 is 1.74 bits per heavy atom. The minimum Gasteiger partial charge on any atom is -0.444 e. The highest BCUT2D eigenvalue weighted by Gasteiger charge is 2.28. The summed E-state index contributed by atoms with van der Waals surface area (Å²) in [4.78, 5) is 29.4. The first kappa shape index (κ1) is 27.2. The van der Waals surface area contributed by atoms with Crippen molar-refractivity contribution in [2.24, 2.45) is 0 Å². The van der Waals surface area contributed by atoms with Crippen molar-refractivity contribution < 1.29 is 28.2 Å². The normalized spacial score (nSPS) is 13.7. The molecule has 0 aliphatic rings. The van der Waals surface area contributed by atoms with E-state index in [1.165, 1.54) is 12.3 Å². The van der Waals surface area contributed by atoms with E-state index in [1.807, 2.05) is 20.8 Å².